The summed E-state index contributed by atoms with van der Waals surface area (Å²) in [5, 5.41) is 0. The number of ether oxygens (including phenoxy) is 2. The van der Waals surface area contributed by atoms with Gasteiger partial charge in [0.05, 0.1) is 0 Å². The van der Waals surface area contributed by atoms with E-state index in [4.69, 9.17) is 18.5 Å². The van der Waals surface area contributed by atoms with E-state index >= 15 is 0 Å². The van der Waals surface area contributed by atoms with Gasteiger partial charge in [-0.3, -0.25) is 9.05 Å². The number of benzene rings is 5. The molecule has 0 radical (unpaired) electrons. The maximum absolute atomic E-state index is 7.56. The molecule has 0 bridgehead atoms. The molecule has 0 amide bonds. The number of para-hydroxylation sites is 1. The van der Waals surface area contributed by atoms with E-state index < -0.39 is 37.7 Å². The van der Waals surface area contributed by atoms with Crippen LogP contribution in [0.15, 0.2) is 152 Å². The largest absolute Gasteiger partial charge is 0.341 e. The Hall–Kier alpha value is -3.83. The zero-order chi connectivity index (χ0) is 30.2. The lowest BCUT2D eigenvalue weighted by Crippen LogP contribution is -2.53. The van der Waals surface area contributed by atoms with Crippen LogP contribution in [0.2, 0.25) is 0 Å². The van der Waals surface area contributed by atoms with Gasteiger partial charge in [0, 0.05) is 12.7 Å². The van der Waals surface area contributed by atoms with Crippen molar-refractivity contribution in [1.82, 2.24) is 0 Å². The van der Waals surface area contributed by atoms with E-state index in [1.807, 2.05) is 63.4 Å². The molecule has 0 spiro atoms. The maximum atomic E-state index is 7.56. The van der Waals surface area contributed by atoms with Crippen LogP contribution in [0.5, 0.6) is 0 Å². The first-order valence-corrected chi connectivity index (χ1v) is 16.1. The number of hydrogen-bond donors (Lipinski definition) is 0. The molecule has 5 aromatic rings. The monoisotopic (exact) mass is 601 g/mol. The summed E-state index contributed by atoms with van der Waals surface area (Å²) in [4.78, 5) is 0. The van der Waals surface area contributed by atoms with Crippen LogP contribution in [0.25, 0.3) is 0 Å². The van der Waals surface area contributed by atoms with Crippen LogP contribution < -0.4 is 4.67 Å². The van der Waals surface area contributed by atoms with Crippen molar-refractivity contribution in [2.24, 2.45) is 0 Å². The second kappa shape index (κ2) is 11.6. The number of anilines is 1. The zero-order valence-corrected chi connectivity index (χ0v) is 26.0. The van der Waals surface area contributed by atoms with Gasteiger partial charge in [0.15, 0.2) is 17.0 Å². The summed E-state index contributed by atoms with van der Waals surface area (Å²) in [6.07, 6.45) is -1.20. The number of hydrogen-bond acceptors (Lipinski definition) is 5. The summed E-state index contributed by atoms with van der Waals surface area (Å²) in [6, 6.07) is 51.7. The second-order valence-electron chi connectivity index (χ2n) is 11.7. The Labute approximate surface area is 261 Å². The molecule has 2 atom stereocenters. The average Bonchev–Trinajstić information content (AvgIpc) is 3.36. The second-order valence-corrected chi connectivity index (χ2v) is 13.1. The van der Waals surface area contributed by atoms with E-state index in [-0.39, 0.29) is 0 Å². The molecule has 44 heavy (non-hydrogen) atoms. The van der Waals surface area contributed by atoms with Crippen LogP contribution in [0.4, 0.5) is 5.69 Å². The third kappa shape index (κ3) is 4.86. The number of fused-ring (bicyclic) bond motifs is 1. The van der Waals surface area contributed by atoms with Crippen molar-refractivity contribution >= 4 is 14.2 Å². The molecule has 5 nitrogen and oxygen atoms in total. The topological polar surface area (TPSA) is 40.2 Å². The lowest BCUT2D eigenvalue weighted by molar-refractivity contribution is -0.174. The molecule has 2 saturated heterocycles. The minimum atomic E-state index is -1.79. The third-order valence-electron chi connectivity index (χ3n) is 8.53. The normalized spacial score (nSPS) is 23.3. The van der Waals surface area contributed by atoms with Gasteiger partial charge in [0.2, 0.25) is 0 Å². The van der Waals surface area contributed by atoms with Crippen LogP contribution in [0.3, 0.4) is 0 Å². The fraction of sp³-hybridized carbons (Fsp3) is 0.211. The van der Waals surface area contributed by atoms with Crippen LogP contribution in [-0.2, 0) is 29.7 Å². The van der Waals surface area contributed by atoms with E-state index in [1.54, 1.807) is 0 Å². The highest BCUT2D eigenvalue weighted by Crippen LogP contribution is 2.65. The molecule has 0 aromatic heterocycles. The van der Waals surface area contributed by atoms with Gasteiger partial charge in [-0.25, -0.2) is 0 Å². The minimum absolute atomic E-state index is 0.598. The number of nitrogens with zero attached hydrogens (tertiary/aromatic N) is 1. The van der Waals surface area contributed by atoms with Gasteiger partial charge in [0.1, 0.15) is 12.2 Å². The fourth-order valence-electron chi connectivity index (χ4n) is 6.53. The van der Waals surface area contributed by atoms with Crippen LogP contribution >= 0.6 is 8.53 Å². The van der Waals surface area contributed by atoms with Crippen molar-refractivity contribution < 1.29 is 18.5 Å². The molecule has 222 valence electrons. The summed E-state index contributed by atoms with van der Waals surface area (Å²) in [5.74, 6) is -0.920. The Morgan fingerprint density at radius 3 is 1.09 bits per heavy atom. The first-order valence-electron chi connectivity index (χ1n) is 15.0. The SMILES string of the molecule is CN(c1ccccc1)P1OC(c2ccccc2)(c2ccccc2)C2OC(C)(C)OC2C(c2ccccc2)(c2ccccc2)O1. The highest BCUT2D eigenvalue weighted by Gasteiger charge is 2.67. The Morgan fingerprint density at radius 2 is 0.773 bits per heavy atom. The van der Waals surface area contributed by atoms with Gasteiger partial charge < -0.3 is 14.1 Å². The van der Waals surface area contributed by atoms with Gasteiger partial charge in [-0.2, -0.15) is 0 Å². The van der Waals surface area contributed by atoms with E-state index in [2.05, 4.69) is 114 Å². The van der Waals surface area contributed by atoms with Crippen molar-refractivity contribution in [3.05, 3.63) is 174 Å². The molecule has 2 heterocycles. The van der Waals surface area contributed by atoms with E-state index in [1.165, 1.54) is 0 Å². The van der Waals surface area contributed by atoms with Crippen LogP contribution in [0, 0.1) is 0 Å². The van der Waals surface area contributed by atoms with Crippen molar-refractivity contribution in [3.8, 4) is 0 Å². The third-order valence-corrected chi connectivity index (χ3v) is 10.1. The lowest BCUT2D eigenvalue weighted by Gasteiger charge is -2.41. The Kier molecular flexibility index (Phi) is 7.62. The van der Waals surface area contributed by atoms with Crippen molar-refractivity contribution in [3.63, 3.8) is 0 Å². The standard InChI is InChI=1S/C38H36NO4P/c1-36(2)40-34-35(41-36)38(31-23-13-6-14-24-31,32-25-15-7-16-26-32)43-44(39(3)33-27-17-8-18-28-33)42-37(34,29-19-9-4-10-20-29)30-21-11-5-12-22-30/h4-28,34-35H,1-3H3. The van der Waals surface area contributed by atoms with E-state index in [9.17, 15) is 0 Å². The quantitative estimate of drug-likeness (QED) is 0.182. The van der Waals surface area contributed by atoms with Gasteiger partial charge >= 0.3 is 0 Å². The fourth-order valence-corrected chi connectivity index (χ4v) is 8.26. The summed E-state index contributed by atoms with van der Waals surface area (Å²) in [7, 11) is 0.248. The van der Waals surface area contributed by atoms with Crippen molar-refractivity contribution in [2.45, 2.75) is 43.0 Å². The van der Waals surface area contributed by atoms with Crippen LogP contribution in [0.1, 0.15) is 36.1 Å². The molecule has 6 heteroatoms. The Morgan fingerprint density at radius 1 is 0.477 bits per heavy atom. The zero-order valence-electron chi connectivity index (χ0n) is 25.1. The van der Waals surface area contributed by atoms with Gasteiger partial charge in [-0.1, -0.05) is 140 Å². The summed E-state index contributed by atoms with van der Waals surface area (Å²) < 4.78 is 31.3. The number of rotatable bonds is 6. The maximum Gasteiger partial charge on any atom is 0.292 e. The molecule has 7 rings (SSSR count). The highest BCUT2D eigenvalue weighted by molar-refractivity contribution is 7.49. The molecule has 2 aliphatic heterocycles. The first kappa shape index (κ1) is 28.9. The van der Waals surface area contributed by atoms with Gasteiger partial charge in [-0.15, -0.1) is 0 Å². The molecule has 0 aliphatic carbocycles. The van der Waals surface area contributed by atoms with Gasteiger partial charge in [-0.05, 0) is 48.2 Å². The van der Waals surface area contributed by atoms with Crippen LogP contribution in [-0.4, -0.2) is 25.0 Å². The molecule has 5 aromatic carbocycles. The van der Waals surface area contributed by atoms with Crippen molar-refractivity contribution in [1.29, 1.82) is 0 Å². The summed E-state index contributed by atoms with van der Waals surface area (Å²) >= 11 is 0. The lowest BCUT2D eigenvalue weighted by atomic mass is 9.72. The van der Waals surface area contributed by atoms with E-state index in [0.29, 0.717) is 0 Å². The Balaban J connectivity index is 1.57. The average molecular weight is 602 g/mol. The molecule has 2 aliphatic rings. The molecule has 0 saturated carbocycles. The minimum Gasteiger partial charge on any atom is -0.341 e. The van der Waals surface area contributed by atoms with E-state index in [0.717, 1.165) is 27.9 Å². The summed E-state index contributed by atoms with van der Waals surface area (Å²) in [6.45, 7) is 3.95. The molecule has 2 fully saturated rings. The Bertz CT molecular complexity index is 1490. The predicted octanol–water partition coefficient (Wildman–Crippen LogP) is 8.80. The molecule has 0 N–H and O–H groups in total. The predicted molar refractivity (Wildman–Crippen MR) is 175 cm³/mol. The van der Waals surface area contributed by atoms with Gasteiger partial charge in [0.25, 0.3) is 8.53 Å². The highest BCUT2D eigenvalue weighted by atomic mass is 31.2. The first-order chi connectivity index (χ1) is 21.4. The summed E-state index contributed by atoms with van der Waals surface area (Å²) in [5.41, 5.74) is 2.70. The van der Waals surface area contributed by atoms with Crippen molar-refractivity contribution in [2.75, 3.05) is 11.7 Å². The molecular weight excluding hydrogens is 565 g/mol. The molecule has 2 unspecified atom stereocenters. The molecular formula is C38H36NO4P. The smallest absolute Gasteiger partial charge is 0.292 e.